The van der Waals surface area contributed by atoms with E-state index in [9.17, 15) is 26.0 Å². The van der Waals surface area contributed by atoms with Crippen molar-refractivity contribution in [2.75, 3.05) is 31.5 Å². The molecule has 0 aliphatic carbocycles. The average molecular weight is 498 g/mol. The van der Waals surface area contributed by atoms with Gasteiger partial charge in [-0.15, -0.1) is 0 Å². The van der Waals surface area contributed by atoms with Crippen molar-refractivity contribution in [3.63, 3.8) is 0 Å². The van der Waals surface area contributed by atoms with Crippen LogP contribution in [0.4, 0.5) is 10.1 Å². The number of nitrogens with zero attached hydrogens (tertiary/aromatic N) is 2. The van der Waals surface area contributed by atoms with E-state index in [2.05, 4.69) is 5.32 Å². The van der Waals surface area contributed by atoms with Gasteiger partial charge in [0.25, 0.3) is 5.91 Å². The van der Waals surface area contributed by atoms with Crippen molar-refractivity contribution in [3.05, 3.63) is 52.8 Å². The molecule has 0 aromatic heterocycles. The molecule has 0 spiro atoms. The zero-order valence-electron chi connectivity index (χ0n) is 19.1. The number of hydrogen-bond donors (Lipinski definition) is 1. The lowest BCUT2D eigenvalue weighted by Crippen LogP contribution is -2.42. The molecule has 180 valence electrons. The number of sulfonamides is 2. The Hall–Kier alpha value is -2.34. The highest BCUT2D eigenvalue weighted by Crippen LogP contribution is 2.28. The van der Waals surface area contributed by atoms with Gasteiger partial charge in [-0.25, -0.2) is 21.2 Å². The minimum absolute atomic E-state index is 0.0461. The van der Waals surface area contributed by atoms with Gasteiger partial charge in [-0.2, -0.15) is 8.61 Å². The van der Waals surface area contributed by atoms with E-state index in [4.69, 9.17) is 0 Å². The molecule has 1 fully saturated rings. The molecule has 33 heavy (non-hydrogen) atoms. The van der Waals surface area contributed by atoms with Gasteiger partial charge in [0.05, 0.1) is 4.90 Å². The molecule has 1 amide bonds. The van der Waals surface area contributed by atoms with E-state index in [1.807, 2.05) is 0 Å². The highest BCUT2D eigenvalue weighted by atomic mass is 32.2. The maximum Gasteiger partial charge on any atom is 0.255 e. The predicted molar refractivity (Wildman–Crippen MR) is 124 cm³/mol. The summed E-state index contributed by atoms with van der Waals surface area (Å²) < 4.78 is 67.9. The number of hydrogen-bond acceptors (Lipinski definition) is 5. The fourth-order valence-corrected chi connectivity index (χ4v) is 6.70. The van der Waals surface area contributed by atoms with Crippen molar-refractivity contribution in [1.29, 1.82) is 0 Å². The van der Waals surface area contributed by atoms with Gasteiger partial charge in [-0.05, 0) is 61.7 Å². The Morgan fingerprint density at radius 1 is 1.06 bits per heavy atom. The summed E-state index contributed by atoms with van der Waals surface area (Å²) in [6.07, 6.45) is 0.701. The lowest BCUT2D eigenvalue weighted by atomic mass is 10.1. The third-order valence-electron chi connectivity index (χ3n) is 5.86. The quantitative estimate of drug-likeness (QED) is 0.604. The number of nitrogens with one attached hydrogen (secondary N) is 1. The van der Waals surface area contributed by atoms with Crippen molar-refractivity contribution in [2.24, 2.45) is 0 Å². The van der Waals surface area contributed by atoms with E-state index in [-0.39, 0.29) is 16.1 Å². The highest BCUT2D eigenvalue weighted by Gasteiger charge is 2.32. The summed E-state index contributed by atoms with van der Waals surface area (Å²) in [4.78, 5) is 12.4. The topological polar surface area (TPSA) is 104 Å². The second kappa shape index (κ2) is 9.49. The van der Waals surface area contributed by atoms with Crippen LogP contribution in [0.25, 0.3) is 0 Å². The molecule has 2 aromatic rings. The molecule has 1 heterocycles. The first-order chi connectivity index (χ1) is 15.4. The number of aryl methyl sites for hydroxylation is 1. The maximum atomic E-state index is 14.3. The summed E-state index contributed by atoms with van der Waals surface area (Å²) in [7, 11) is -7.78. The van der Waals surface area contributed by atoms with Gasteiger partial charge in [0.15, 0.2) is 0 Å². The minimum Gasteiger partial charge on any atom is -0.322 e. The number of halogens is 1. The zero-order chi connectivity index (χ0) is 24.6. The Labute approximate surface area is 194 Å². The molecule has 1 aliphatic heterocycles. The third-order valence-corrected chi connectivity index (χ3v) is 9.80. The number of rotatable bonds is 8. The average Bonchev–Trinajstić information content (AvgIpc) is 2.70. The van der Waals surface area contributed by atoms with Crippen molar-refractivity contribution in [3.8, 4) is 0 Å². The number of benzene rings is 2. The van der Waals surface area contributed by atoms with E-state index in [0.29, 0.717) is 43.7 Å². The first kappa shape index (κ1) is 25.3. The molecule has 3 rings (SSSR count). The van der Waals surface area contributed by atoms with Crippen LogP contribution in [0.15, 0.2) is 40.1 Å². The number of amides is 1. The van der Waals surface area contributed by atoms with Gasteiger partial charge in [0.1, 0.15) is 10.7 Å². The maximum absolute atomic E-state index is 14.3. The molecule has 0 saturated carbocycles. The fourth-order valence-electron chi connectivity index (χ4n) is 3.52. The summed E-state index contributed by atoms with van der Waals surface area (Å²) in [5, 5.41) is 2.66. The number of carbonyl (C=O) groups is 1. The molecular formula is C22H28FN3O5S2. The van der Waals surface area contributed by atoms with Crippen LogP contribution >= 0.6 is 0 Å². The molecule has 8 nitrogen and oxygen atoms in total. The van der Waals surface area contributed by atoms with Crippen LogP contribution < -0.4 is 5.32 Å². The third kappa shape index (κ3) is 4.81. The Kier molecular flexibility index (Phi) is 7.27. The smallest absolute Gasteiger partial charge is 0.255 e. The minimum atomic E-state index is -4.02. The van der Waals surface area contributed by atoms with Gasteiger partial charge in [0.2, 0.25) is 20.0 Å². The molecule has 0 unspecified atom stereocenters. The van der Waals surface area contributed by atoms with Gasteiger partial charge in [-0.1, -0.05) is 13.8 Å². The predicted octanol–water partition coefficient (Wildman–Crippen LogP) is 3.12. The molecule has 1 aliphatic rings. The van der Waals surface area contributed by atoms with Gasteiger partial charge in [0, 0.05) is 37.4 Å². The molecule has 1 N–H and O–H groups in total. The summed E-state index contributed by atoms with van der Waals surface area (Å²) in [6.45, 7) is 8.19. The molecular weight excluding hydrogens is 469 g/mol. The number of carbonyl (C=O) groups excluding carboxylic acids is 1. The van der Waals surface area contributed by atoms with Crippen molar-refractivity contribution < 1.29 is 26.0 Å². The van der Waals surface area contributed by atoms with E-state index >= 15 is 0 Å². The second-order valence-electron chi connectivity index (χ2n) is 7.86. The lowest BCUT2D eigenvalue weighted by Gasteiger charge is -2.29. The molecule has 0 atom stereocenters. The summed E-state index contributed by atoms with van der Waals surface area (Å²) in [6, 6.07) is 6.08. The monoisotopic (exact) mass is 497 g/mol. The molecule has 1 saturated heterocycles. The SMILES string of the molecule is CCN(CC)S(=O)(=O)c1cc(C)c(C)c(NC(=O)c2ccc(F)c(S(=O)(=O)N3CCC3)c2)c1. The van der Waals surface area contributed by atoms with Crippen LogP contribution in [-0.4, -0.2) is 57.5 Å². The van der Waals surface area contributed by atoms with Crippen LogP contribution in [-0.2, 0) is 20.0 Å². The van der Waals surface area contributed by atoms with Gasteiger partial charge in [-0.3, -0.25) is 4.79 Å². The first-order valence-corrected chi connectivity index (χ1v) is 13.5. The van der Waals surface area contributed by atoms with Crippen LogP contribution in [0.2, 0.25) is 0 Å². The fraction of sp³-hybridized carbons (Fsp3) is 0.409. The largest absolute Gasteiger partial charge is 0.322 e. The normalized spacial score (nSPS) is 14.8. The summed E-state index contributed by atoms with van der Waals surface area (Å²) in [5.41, 5.74) is 1.56. The van der Waals surface area contributed by atoms with Crippen LogP contribution in [0.3, 0.4) is 0 Å². The van der Waals surface area contributed by atoms with Crippen molar-refractivity contribution >= 4 is 31.6 Å². The van der Waals surface area contributed by atoms with E-state index in [1.165, 1.54) is 16.4 Å². The molecule has 0 bridgehead atoms. The van der Waals surface area contributed by atoms with Crippen LogP contribution in [0, 0.1) is 19.7 Å². The Morgan fingerprint density at radius 2 is 1.70 bits per heavy atom. The summed E-state index contributed by atoms with van der Waals surface area (Å²) >= 11 is 0. The Bertz CT molecular complexity index is 1290. The zero-order valence-corrected chi connectivity index (χ0v) is 20.7. The molecule has 2 aromatic carbocycles. The first-order valence-electron chi connectivity index (χ1n) is 10.7. The molecule has 11 heteroatoms. The Balaban J connectivity index is 1.97. The Morgan fingerprint density at radius 3 is 2.24 bits per heavy atom. The van der Waals surface area contributed by atoms with E-state index in [0.717, 1.165) is 16.4 Å². The van der Waals surface area contributed by atoms with Gasteiger partial charge < -0.3 is 5.32 Å². The lowest BCUT2D eigenvalue weighted by molar-refractivity contribution is 0.102. The van der Waals surface area contributed by atoms with Crippen LogP contribution in [0.5, 0.6) is 0 Å². The number of anilines is 1. The second-order valence-corrected chi connectivity index (χ2v) is 11.7. The van der Waals surface area contributed by atoms with Gasteiger partial charge >= 0.3 is 0 Å². The summed E-state index contributed by atoms with van der Waals surface area (Å²) in [5.74, 6) is -1.60. The van der Waals surface area contributed by atoms with Crippen LogP contribution in [0.1, 0.15) is 41.8 Å². The van der Waals surface area contributed by atoms with Crippen molar-refractivity contribution in [2.45, 2.75) is 43.9 Å². The highest BCUT2D eigenvalue weighted by molar-refractivity contribution is 7.89. The van der Waals surface area contributed by atoms with Crippen molar-refractivity contribution in [1.82, 2.24) is 8.61 Å². The van der Waals surface area contributed by atoms with E-state index < -0.39 is 36.7 Å². The standard InChI is InChI=1S/C22H28FN3O5S2/c1-5-25(6-2)32(28,29)18-12-15(3)16(4)20(14-18)24-22(27)17-8-9-19(23)21(13-17)33(30,31)26-10-7-11-26/h8-9,12-14H,5-7,10-11H2,1-4H3,(H,24,27). The van der Waals surface area contributed by atoms with E-state index in [1.54, 1.807) is 33.8 Å². The molecule has 0 radical (unpaired) electrons.